The number of carbonyl (C=O) groups excluding carboxylic acids is 3. The first-order chi connectivity index (χ1) is 32.3. The number of aliphatic hydroxyl groups is 2. The molecule has 1 amide bonds. The van der Waals surface area contributed by atoms with Crippen LogP contribution in [0.4, 0.5) is 4.79 Å². The maximum atomic E-state index is 12.1. The molecule has 0 spiro atoms. The lowest BCUT2D eigenvalue weighted by Gasteiger charge is -2.47. The number of hydrogen-bond acceptors (Lipinski definition) is 10. The van der Waals surface area contributed by atoms with Gasteiger partial charge in [-0.2, -0.15) is 0 Å². The summed E-state index contributed by atoms with van der Waals surface area (Å²) in [5.74, 6) is 1.98. The summed E-state index contributed by atoms with van der Waals surface area (Å²) in [5, 5.41) is 26.4. The van der Waals surface area contributed by atoms with Crippen molar-refractivity contribution in [3.05, 3.63) is 35.9 Å². The van der Waals surface area contributed by atoms with Crippen molar-refractivity contribution in [1.82, 2.24) is 15.5 Å². The van der Waals surface area contributed by atoms with Crippen molar-refractivity contribution < 1.29 is 38.8 Å². The van der Waals surface area contributed by atoms with Crippen molar-refractivity contribution in [1.29, 1.82) is 0 Å². The molecule has 67 heavy (non-hydrogen) atoms. The largest absolute Gasteiger partial charge is 0.469 e. The van der Waals surface area contributed by atoms with Gasteiger partial charge in [0.2, 0.25) is 0 Å². The summed E-state index contributed by atoms with van der Waals surface area (Å²) in [6, 6.07) is 10.1. The summed E-state index contributed by atoms with van der Waals surface area (Å²) < 4.78 is 15.5. The minimum atomic E-state index is -0.439. The monoisotopic (exact) mass is 938 g/mol. The molecule has 11 nitrogen and oxygen atoms in total. The van der Waals surface area contributed by atoms with Crippen molar-refractivity contribution in [3.63, 3.8) is 0 Å². The predicted molar refractivity (Wildman–Crippen MR) is 268 cm³/mol. The number of amides is 1. The fraction of sp³-hybridized carbons (Fsp3) is 0.839. The Labute approximate surface area is 406 Å². The molecule has 0 radical (unpaired) electrons. The van der Waals surface area contributed by atoms with Crippen LogP contribution in [0.5, 0.6) is 0 Å². The molecule has 0 bridgehead atoms. The van der Waals surface area contributed by atoms with Gasteiger partial charge in [0, 0.05) is 26.3 Å². The summed E-state index contributed by atoms with van der Waals surface area (Å²) in [6.45, 7) is 11.9. The van der Waals surface area contributed by atoms with Crippen LogP contribution in [0.1, 0.15) is 193 Å². The Morgan fingerprint density at radius 2 is 0.985 bits per heavy atom. The second kappa shape index (κ2) is 27.0. The second-order valence-electron chi connectivity index (χ2n) is 22.7. The van der Waals surface area contributed by atoms with Crippen molar-refractivity contribution in [3.8, 4) is 0 Å². The Morgan fingerprint density at radius 1 is 0.567 bits per heavy atom. The molecule has 8 rings (SSSR count). The number of nitrogens with one attached hydrogen (secondary N) is 2. The molecule has 3 aliphatic heterocycles. The molecule has 382 valence electrons. The van der Waals surface area contributed by atoms with E-state index in [1.54, 1.807) is 0 Å². The summed E-state index contributed by atoms with van der Waals surface area (Å²) in [7, 11) is 3.02. The maximum absolute atomic E-state index is 12.1. The molecule has 3 saturated heterocycles. The lowest BCUT2D eigenvalue weighted by molar-refractivity contribution is -0.160. The molecular weight excluding hydrogens is 843 g/mol. The van der Waals surface area contributed by atoms with Crippen LogP contribution < -0.4 is 10.6 Å². The summed E-state index contributed by atoms with van der Waals surface area (Å²) in [6.07, 6.45) is 30.9. The molecule has 4 aliphatic carbocycles. The van der Waals surface area contributed by atoms with Gasteiger partial charge in [0.25, 0.3) is 0 Å². The number of esters is 2. The van der Waals surface area contributed by atoms with E-state index in [1.807, 2.05) is 56.0 Å². The standard InChI is InChI=1S/C17H31NO3.C14H18O2.C13H23NO2.C12H23NO/c1-16(2,3)21-15(20)18-11-9-17(13-19,10-12-18)14-7-5-4-6-8-14;1-16-13(15)14(10-6-3-7-11-14)12-8-4-2-5-9-12;1-16-12(15)13(7-9-14-10-8-13)11-5-3-2-4-6-11;14-10-12(6-8-13-9-7-12)11-4-2-1-3-5-11/h14,19H,4-13H2,1-3H3;2,4-5,8-9H,3,6-7,10-11H2,1H3;11,14H,2-10H2,1H3;11,13-14H,1-10H2. The minimum absolute atomic E-state index is 0.0406. The average Bonchev–Trinajstić information content (AvgIpc) is 3.39. The van der Waals surface area contributed by atoms with E-state index in [0.29, 0.717) is 31.5 Å². The Bertz CT molecular complexity index is 1570. The van der Waals surface area contributed by atoms with Gasteiger partial charge in [-0.15, -0.1) is 0 Å². The van der Waals surface area contributed by atoms with Gasteiger partial charge < -0.3 is 40.0 Å². The van der Waals surface area contributed by atoms with Crippen LogP contribution in [0.15, 0.2) is 30.3 Å². The lowest BCUT2D eigenvalue weighted by Crippen LogP contribution is -2.49. The summed E-state index contributed by atoms with van der Waals surface area (Å²) >= 11 is 0. The topological polar surface area (TPSA) is 147 Å². The Morgan fingerprint density at radius 3 is 1.42 bits per heavy atom. The van der Waals surface area contributed by atoms with E-state index in [0.717, 1.165) is 89.0 Å². The number of nitrogens with zero attached hydrogens (tertiary/aromatic N) is 1. The second-order valence-corrected chi connectivity index (χ2v) is 22.7. The zero-order valence-corrected chi connectivity index (χ0v) is 43.0. The quantitative estimate of drug-likeness (QED) is 0.147. The zero-order chi connectivity index (χ0) is 48.2. The maximum Gasteiger partial charge on any atom is 0.410 e. The number of methoxy groups -OCH3 is 2. The number of hydrogen-bond donors (Lipinski definition) is 4. The number of likely N-dealkylation sites (tertiary alicyclic amines) is 1. The number of piperidine rings is 3. The lowest BCUT2D eigenvalue weighted by atomic mass is 9.64. The van der Waals surface area contributed by atoms with Crippen molar-refractivity contribution in [2.24, 2.45) is 34.0 Å². The first-order valence-corrected chi connectivity index (χ1v) is 27.2. The first kappa shape index (κ1) is 55.2. The van der Waals surface area contributed by atoms with E-state index in [-0.39, 0.29) is 46.3 Å². The van der Waals surface area contributed by atoms with E-state index < -0.39 is 5.60 Å². The van der Waals surface area contributed by atoms with Gasteiger partial charge in [0.05, 0.1) is 25.0 Å². The molecule has 1 aromatic carbocycles. The number of ether oxygens (including phenoxy) is 3. The van der Waals surface area contributed by atoms with Gasteiger partial charge in [-0.1, -0.05) is 107 Å². The van der Waals surface area contributed by atoms with Crippen LogP contribution in [-0.4, -0.2) is 105 Å². The third kappa shape index (κ3) is 14.9. The zero-order valence-electron chi connectivity index (χ0n) is 43.0. The molecule has 7 aliphatic rings. The normalized spacial score (nSPS) is 24.4. The van der Waals surface area contributed by atoms with E-state index >= 15 is 0 Å². The van der Waals surface area contributed by atoms with Crippen LogP contribution in [0.2, 0.25) is 0 Å². The van der Waals surface area contributed by atoms with Crippen LogP contribution in [0.25, 0.3) is 0 Å². The first-order valence-electron chi connectivity index (χ1n) is 27.2. The smallest absolute Gasteiger partial charge is 0.410 e. The highest BCUT2D eigenvalue weighted by Crippen LogP contribution is 2.48. The van der Waals surface area contributed by atoms with Gasteiger partial charge >= 0.3 is 18.0 Å². The third-order valence-corrected chi connectivity index (χ3v) is 17.7. The fourth-order valence-electron chi connectivity index (χ4n) is 13.4. The molecule has 11 heteroatoms. The highest BCUT2D eigenvalue weighted by molar-refractivity contribution is 5.83. The molecule has 1 aromatic rings. The Balaban J connectivity index is 0.000000169. The molecular formula is C56H95N3O8. The van der Waals surface area contributed by atoms with E-state index in [1.165, 1.54) is 130 Å². The van der Waals surface area contributed by atoms with Crippen LogP contribution in [0, 0.1) is 34.0 Å². The van der Waals surface area contributed by atoms with Gasteiger partial charge in [-0.3, -0.25) is 9.59 Å². The Kier molecular flexibility index (Phi) is 22.3. The van der Waals surface area contributed by atoms with Gasteiger partial charge in [0.1, 0.15) is 5.60 Å². The fourth-order valence-corrected chi connectivity index (χ4v) is 13.4. The number of aliphatic hydroxyl groups excluding tert-OH is 2. The van der Waals surface area contributed by atoms with Crippen molar-refractivity contribution in [2.75, 3.05) is 66.7 Å². The summed E-state index contributed by atoms with van der Waals surface area (Å²) in [4.78, 5) is 38.1. The number of rotatable bonds is 8. The molecule has 4 saturated carbocycles. The SMILES string of the molecule is CC(C)(C)OC(=O)N1CCC(CO)(C2CCCCC2)CC1.COC(=O)C1(C2CCCCC2)CCNCC1.COC(=O)C1(c2ccccc2)CCCCC1.OCC1(C2CCCCC2)CCNCC1. The van der Waals surface area contributed by atoms with Gasteiger partial charge in [0.15, 0.2) is 0 Å². The third-order valence-electron chi connectivity index (χ3n) is 17.7. The highest BCUT2D eigenvalue weighted by atomic mass is 16.6. The minimum Gasteiger partial charge on any atom is -0.469 e. The van der Waals surface area contributed by atoms with Crippen LogP contribution in [0.3, 0.4) is 0 Å². The molecule has 0 atom stereocenters. The van der Waals surface area contributed by atoms with Crippen LogP contribution in [-0.2, 0) is 29.2 Å². The Hall–Kier alpha value is -2.73. The number of carbonyl (C=O) groups is 3. The molecule has 4 N–H and O–H groups in total. The molecule has 3 heterocycles. The van der Waals surface area contributed by atoms with Crippen molar-refractivity contribution >= 4 is 18.0 Å². The predicted octanol–water partition coefficient (Wildman–Crippen LogP) is 10.7. The van der Waals surface area contributed by atoms with E-state index in [2.05, 4.69) is 10.6 Å². The molecule has 0 aromatic heterocycles. The molecule has 0 unspecified atom stereocenters. The van der Waals surface area contributed by atoms with Crippen molar-refractivity contribution in [2.45, 2.75) is 199 Å². The van der Waals surface area contributed by atoms with Gasteiger partial charge in [-0.25, -0.2) is 4.79 Å². The number of benzene rings is 1. The molecule has 7 fully saturated rings. The van der Waals surface area contributed by atoms with E-state index in [4.69, 9.17) is 14.2 Å². The average molecular weight is 938 g/mol. The van der Waals surface area contributed by atoms with Gasteiger partial charge in [-0.05, 0) is 171 Å². The van der Waals surface area contributed by atoms with E-state index in [9.17, 15) is 24.6 Å². The summed E-state index contributed by atoms with van der Waals surface area (Å²) in [5.41, 5.74) is 0.451. The van der Waals surface area contributed by atoms with Crippen LogP contribution >= 0.6 is 0 Å². The highest BCUT2D eigenvalue weighted by Gasteiger charge is 2.48.